The van der Waals surface area contributed by atoms with Crippen LogP contribution in [0.1, 0.15) is 37.4 Å². The van der Waals surface area contributed by atoms with E-state index in [1.54, 1.807) is 6.07 Å². The van der Waals surface area contributed by atoms with Crippen molar-refractivity contribution in [1.82, 2.24) is 5.32 Å². The molecule has 4 heteroatoms. The lowest BCUT2D eigenvalue weighted by Gasteiger charge is -2.36. The number of halogens is 1. The largest absolute Gasteiger partial charge is 0.309 e. The van der Waals surface area contributed by atoms with E-state index >= 15 is 0 Å². The van der Waals surface area contributed by atoms with Crippen molar-refractivity contribution in [2.45, 2.75) is 43.7 Å². The van der Waals surface area contributed by atoms with Crippen LogP contribution in [0.4, 0.5) is 4.39 Å². The Bertz CT molecular complexity index is 438. The molecule has 1 aromatic rings. The molecule has 20 heavy (non-hydrogen) atoms. The fraction of sp³-hybridized carbons (Fsp3) is 0.625. The molecule has 3 atom stereocenters. The van der Waals surface area contributed by atoms with Crippen molar-refractivity contribution >= 4 is 23.5 Å². The second-order valence-corrected chi connectivity index (χ2v) is 7.83. The van der Waals surface area contributed by atoms with Crippen LogP contribution in [0.25, 0.3) is 0 Å². The first-order chi connectivity index (χ1) is 9.67. The average Bonchev–Trinajstić information content (AvgIpc) is 2.48. The Kier molecular flexibility index (Phi) is 6.24. The summed E-state index contributed by atoms with van der Waals surface area (Å²) in [7, 11) is 0. The van der Waals surface area contributed by atoms with Gasteiger partial charge in [-0.2, -0.15) is 23.5 Å². The molecule has 1 heterocycles. The molecule has 1 aliphatic rings. The van der Waals surface area contributed by atoms with Gasteiger partial charge in [-0.3, -0.25) is 0 Å². The van der Waals surface area contributed by atoms with E-state index in [9.17, 15) is 4.39 Å². The fourth-order valence-corrected chi connectivity index (χ4v) is 6.00. The number of rotatable bonds is 5. The predicted octanol–water partition coefficient (Wildman–Crippen LogP) is 4.41. The predicted molar refractivity (Wildman–Crippen MR) is 90.3 cm³/mol. The lowest BCUT2D eigenvalue weighted by molar-refractivity contribution is 0.511. The Morgan fingerprint density at radius 3 is 2.70 bits per heavy atom. The SMILES string of the molecule is CCNC(c1ccc(F)c(C)c1)C1SCCSC1CC. The number of hydrogen-bond donors (Lipinski definition) is 1. The summed E-state index contributed by atoms with van der Waals surface area (Å²) in [5.41, 5.74) is 1.97. The Balaban J connectivity index is 2.26. The van der Waals surface area contributed by atoms with Crippen molar-refractivity contribution in [1.29, 1.82) is 0 Å². The molecule has 0 radical (unpaired) electrons. The van der Waals surface area contributed by atoms with E-state index in [2.05, 4.69) is 42.7 Å². The van der Waals surface area contributed by atoms with E-state index in [0.717, 1.165) is 12.1 Å². The first-order valence-corrected chi connectivity index (χ1v) is 9.49. The van der Waals surface area contributed by atoms with Gasteiger partial charge >= 0.3 is 0 Å². The first-order valence-electron chi connectivity index (χ1n) is 7.40. The molecule has 1 saturated heterocycles. The van der Waals surface area contributed by atoms with Crippen molar-refractivity contribution < 1.29 is 4.39 Å². The minimum absolute atomic E-state index is 0.110. The van der Waals surface area contributed by atoms with Gasteiger partial charge in [0.1, 0.15) is 5.82 Å². The third-order valence-electron chi connectivity index (χ3n) is 3.79. The third kappa shape index (κ3) is 3.71. The van der Waals surface area contributed by atoms with Crippen LogP contribution in [0.2, 0.25) is 0 Å². The Hall–Kier alpha value is -0.190. The second-order valence-electron chi connectivity index (χ2n) is 5.20. The number of aryl methyl sites for hydroxylation is 1. The van der Waals surface area contributed by atoms with Gasteiger partial charge < -0.3 is 5.32 Å². The number of thioether (sulfide) groups is 2. The minimum Gasteiger partial charge on any atom is -0.309 e. The molecule has 1 fully saturated rings. The third-order valence-corrected chi connectivity index (χ3v) is 7.14. The summed E-state index contributed by atoms with van der Waals surface area (Å²) in [6.07, 6.45) is 1.20. The van der Waals surface area contributed by atoms with Gasteiger partial charge in [-0.1, -0.05) is 26.0 Å². The Morgan fingerprint density at radius 2 is 2.05 bits per heavy atom. The molecular weight excluding hydrogens is 289 g/mol. The maximum atomic E-state index is 13.5. The lowest BCUT2D eigenvalue weighted by atomic mass is 9.98. The number of nitrogens with one attached hydrogen (secondary N) is 1. The van der Waals surface area contributed by atoms with E-state index in [4.69, 9.17) is 0 Å². The van der Waals surface area contributed by atoms with E-state index in [0.29, 0.717) is 16.5 Å². The molecule has 0 aliphatic carbocycles. The summed E-state index contributed by atoms with van der Waals surface area (Å²) in [5, 5.41) is 4.88. The zero-order chi connectivity index (χ0) is 14.5. The van der Waals surface area contributed by atoms with Crippen molar-refractivity contribution in [2.24, 2.45) is 0 Å². The van der Waals surface area contributed by atoms with Crippen LogP contribution in [0.3, 0.4) is 0 Å². The van der Waals surface area contributed by atoms with Crippen molar-refractivity contribution in [3.8, 4) is 0 Å². The number of hydrogen-bond acceptors (Lipinski definition) is 3. The summed E-state index contributed by atoms with van der Waals surface area (Å²) >= 11 is 4.16. The maximum absolute atomic E-state index is 13.5. The van der Waals surface area contributed by atoms with Gasteiger partial charge in [0, 0.05) is 28.0 Å². The highest BCUT2D eigenvalue weighted by molar-refractivity contribution is 8.07. The van der Waals surface area contributed by atoms with Gasteiger partial charge in [0.2, 0.25) is 0 Å². The van der Waals surface area contributed by atoms with E-state index in [1.807, 2.05) is 19.1 Å². The van der Waals surface area contributed by atoms with Crippen LogP contribution in [0, 0.1) is 12.7 Å². The van der Waals surface area contributed by atoms with E-state index in [-0.39, 0.29) is 5.82 Å². The van der Waals surface area contributed by atoms with Crippen LogP contribution in [-0.4, -0.2) is 28.6 Å². The highest BCUT2D eigenvalue weighted by atomic mass is 32.2. The molecule has 1 nitrogen and oxygen atoms in total. The molecule has 3 unspecified atom stereocenters. The molecule has 0 aromatic heterocycles. The molecule has 112 valence electrons. The van der Waals surface area contributed by atoms with Crippen molar-refractivity contribution in [3.63, 3.8) is 0 Å². The van der Waals surface area contributed by atoms with E-state index in [1.165, 1.54) is 23.5 Å². The molecular formula is C16H24FNS2. The van der Waals surface area contributed by atoms with Crippen LogP contribution < -0.4 is 5.32 Å². The van der Waals surface area contributed by atoms with Crippen molar-refractivity contribution in [3.05, 3.63) is 35.1 Å². The molecule has 0 spiro atoms. The monoisotopic (exact) mass is 313 g/mol. The molecule has 0 amide bonds. The standard InChI is InChI=1S/C16H24FNS2/c1-4-14-16(20-9-8-19-14)15(18-5-2)12-6-7-13(17)11(3)10-12/h6-7,10,14-16,18H,4-5,8-9H2,1-3H3. The molecule has 2 rings (SSSR count). The van der Waals surface area contributed by atoms with Gasteiger partial charge in [-0.05, 0) is 37.1 Å². The van der Waals surface area contributed by atoms with Gasteiger partial charge in [0.25, 0.3) is 0 Å². The summed E-state index contributed by atoms with van der Waals surface area (Å²) in [4.78, 5) is 0. The van der Waals surface area contributed by atoms with Crippen LogP contribution in [0.5, 0.6) is 0 Å². The Morgan fingerprint density at radius 1 is 1.30 bits per heavy atom. The highest BCUT2D eigenvalue weighted by Crippen LogP contribution is 2.40. The molecule has 0 bridgehead atoms. The normalized spacial score (nSPS) is 24.6. The van der Waals surface area contributed by atoms with Gasteiger partial charge in [-0.15, -0.1) is 0 Å². The van der Waals surface area contributed by atoms with E-state index < -0.39 is 0 Å². The zero-order valence-electron chi connectivity index (χ0n) is 12.5. The van der Waals surface area contributed by atoms with Crippen LogP contribution >= 0.6 is 23.5 Å². The summed E-state index contributed by atoms with van der Waals surface area (Å²) in [6, 6.07) is 5.88. The quantitative estimate of drug-likeness (QED) is 0.864. The smallest absolute Gasteiger partial charge is 0.126 e. The van der Waals surface area contributed by atoms with Crippen LogP contribution in [-0.2, 0) is 0 Å². The topological polar surface area (TPSA) is 12.0 Å². The highest BCUT2D eigenvalue weighted by Gasteiger charge is 2.32. The fourth-order valence-electron chi connectivity index (χ4n) is 2.75. The Labute approximate surface area is 130 Å². The zero-order valence-corrected chi connectivity index (χ0v) is 14.1. The lowest BCUT2D eigenvalue weighted by Crippen LogP contribution is -2.38. The van der Waals surface area contributed by atoms with Crippen molar-refractivity contribution in [2.75, 3.05) is 18.1 Å². The van der Waals surface area contributed by atoms with Crippen LogP contribution in [0.15, 0.2) is 18.2 Å². The summed E-state index contributed by atoms with van der Waals surface area (Å²) < 4.78 is 13.5. The van der Waals surface area contributed by atoms with Gasteiger partial charge in [0.05, 0.1) is 0 Å². The molecule has 0 saturated carbocycles. The van der Waals surface area contributed by atoms with Gasteiger partial charge in [0.15, 0.2) is 0 Å². The second kappa shape index (κ2) is 7.71. The number of benzene rings is 1. The summed E-state index contributed by atoms with van der Waals surface area (Å²) in [5.74, 6) is 2.36. The molecule has 1 aromatic carbocycles. The van der Waals surface area contributed by atoms with Gasteiger partial charge in [-0.25, -0.2) is 4.39 Å². The average molecular weight is 314 g/mol. The maximum Gasteiger partial charge on any atom is 0.126 e. The molecule has 1 N–H and O–H groups in total. The first kappa shape index (κ1) is 16.2. The molecule has 1 aliphatic heterocycles. The summed E-state index contributed by atoms with van der Waals surface area (Å²) in [6.45, 7) is 7.21. The minimum atomic E-state index is -0.110.